The fourth-order valence-corrected chi connectivity index (χ4v) is 5.90. The van der Waals surface area contributed by atoms with Crippen molar-refractivity contribution in [2.75, 3.05) is 36.4 Å². The molecule has 0 radical (unpaired) electrons. The summed E-state index contributed by atoms with van der Waals surface area (Å²) in [5.74, 6) is 1.45. The molecule has 7 nitrogen and oxygen atoms in total. The van der Waals surface area contributed by atoms with Gasteiger partial charge in [-0.2, -0.15) is 4.98 Å². The Morgan fingerprint density at radius 1 is 0.917 bits per heavy atom. The van der Waals surface area contributed by atoms with E-state index in [1.807, 2.05) is 12.3 Å². The zero-order valence-electron chi connectivity index (χ0n) is 21.3. The van der Waals surface area contributed by atoms with Gasteiger partial charge in [-0.1, -0.05) is 43.2 Å². The van der Waals surface area contributed by atoms with Crippen molar-refractivity contribution >= 4 is 28.5 Å². The highest BCUT2D eigenvalue weighted by molar-refractivity contribution is 5.84. The molecule has 0 amide bonds. The summed E-state index contributed by atoms with van der Waals surface area (Å²) in [6.45, 7) is 9.25. The van der Waals surface area contributed by atoms with Crippen LogP contribution in [0.2, 0.25) is 0 Å². The van der Waals surface area contributed by atoms with E-state index >= 15 is 0 Å². The van der Waals surface area contributed by atoms with Crippen molar-refractivity contribution in [1.82, 2.24) is 24.4 Å². The molecule has 4 heterocycles. The lowest BCUT2D eigenvalue weighted by Crippen LogP contribution is -2.46. The molecule has 1 saturated carbocycles. The van der Waals surface area contributed by atoms with Gasteiger partial charge in [-0.15, -0.1) is 0 Å². The van der Waals surface area contributed by atoms with Crippen LogP contribution in [0.3, 0.4) is 0 Å². The molecule has 0 atom stereocenters. The molecule has 4 aromatic rings. The van der Waals surface area contributed by atoms with Gasteiger partial charge < -0.3 is 14.8 Å². The number of rotatable bonds is 6. The molecule has 36 heavy (non-hydrogen) atoms. The molecule has 1 saturated heterocycles. The molecule has 3 aromatic heterocycles. The van der Waals surface area contributed by atoms with Crippen molar-refractivity contribution in [3.05, 3.63) is 71.7 Å². The van der Waals surface area contributed by atoms with Gasteiger partial charge >= 0.3 is 0 Å². The maximum absolute atomic E-state index is 5.02. The average molecular weight is 482 g/mol. The van der Waals surface area contributed by atoms with Gasteiger partial charge in [0.15, 0.2) is 5.82 Å². The van der Waals surface area contributed by atoms with E-state index in [9.17, 15) is 0 Å². The number of hydrogen-bond acceptors (Lipinski definition) is 6. The van der Waals surface area contributed by atoms with E-state index in [0.717, 1.165) is 55.6 Å². The van der Waals surface area contributed by atoms with Crippen LogP contribution in [0.1, 0.15) is 48.5 Å². The van der Waals surface area contributed by atoms with Gasteiger partial charge in [0.25, 0.3) is 0 Å². The van der Waals surface area contributed by atoms with Crippen LogP contribution in [0, 0.1) is 13.8 Å². The quantitative estimate of drug-likeness (QED) is 0.385. The van der Waals surface area contributed by atoms with Crippen LogP contribution >= 0.6 is 0 Å². The molecule has 0 unspecified atom stereocenters. The number of hydrogen-bond donors (Lipinski definition) is 1. The number of aryl methyl sites for hydroxylation is 2. The van der Waals surface area contributed by atoms with Gasteiger partial charge in [-0.3, -0.25) is 4.90 Å². The predicted octanol–water partition coefficient (Wildman–Crippen LogP) is 5.62. The number of fused-ring (bicyclic) bond motifs is 1. The van der Waals surface area contributed by atoms with Crippen molar-refractivity contribution in [3.63, 3.8) is 0 Å². The second-order valence-corrected chi connectivity index (χ2v) is 10.2. The van der Waals surface area contributed by atoms with Crippen molar-refractivity contribution in [2.45, 2.75) is 52.1 Å². The number of nitrogens with one attached hydrogen (secondary N) is 1. The van der Waals surface area contributed by atoms with Gasteiger partial charge in [-0.05, 0) is 49.9 Å². The molecule has 2 fully saturated rings. The normalized spacial score (nSPS) is 17.2. The van der Waals surface area contributed by atoms with E-state index in [-0.39, 0.29) is 0 Å². The van der Waals surface area contributed by atoms with E-state index in [1.165, 1.54) is 42.2 Å². The minimum atomic E-state index is 0.543. The summed E-state index contributed by atoms with van der Waals surface area (Å²) >= 11 is 0. The summed E-state index contributed by atoms with van der Waals surface area (Å²) in [6, 6.07) is 15.4. The standard InChI is InChI=1S/C29H35N7/c1-21-19-36(24-11-6-7-12-24)28-26(21)22(2)31-29(33-28)32-27-25(13-8-14-30-27)35-17-15-34(16-18-35)20-23-9-4-3-5-10-23/h3-5,8-10,13-14,19,24H,6-7,11-12,15-18,20H2,1-2H3,(H,30,31,32,33). The van der Waals surface area contributed by atoms with E-state index in [0.29, 0.717) is 12.0 Å². The Balaban J connectivity index is 1.22. The van der Waals surface area contributed by atoms with Gasteiger partial charge in [0.05, 0.1) is 11.4 Å². The van der Waals surface area contributed by atoms with Crippen LogP contribution in [0.25, 0.3) is 11.0 Å². The Morgan fingerprint density at radius 2 is 1.69 bits per heavy atom. The lowest BCUT2D eigenvalue weighted by molar-refractivity contribution is 0.250. The molecule has 2 aliphatic rings. The van der Waals surface area contributed by atoms with Crippen LogP contribution in [0.15, 0.2) is 54.9 Å². The molecular weight excluding hydrogens is 446 g/mol. The number of pyridine rings is 1. The Hall–Kier alpha value is -3.45. The Morgan fingerprint density at radius 3 is 2.47 bits per heavy atom. The first-order chi connectivity index (χ1) is 17.7. The highest BCUT2D eigenvalue weighted by Gasteiger charge is 2.23. The van der Waals surface area contributed by atoms with Gasteiger partial charge in [0.2, 0.25) is 5.95 Å². The SMILES string of the molecule is Cc1cn(C2CCCC2)c2nc(Nc3ncccc3N3CCN(Cc4ccccc4)CC3)nc(C)c12. The summed E-state index contributed by atoms with van der Waals surface area (Å²) in [5.41, 5.74) is 5.80. The fourth-order valence-electron chi connectivity index (χ4n) is 5.90. The monoisotopic (exact) mass is 481 g/mol. The van der Waals surface area contributed by atoms with Crippen molar-refractivity contribution in [1.29, 1.82) is 0 Å². The molecule has 0 spiro atoms. The number of anilines is 3. The molecule has 1 aliphatic carbocycles. The van der Waals surface area contributed by atoms with Crippen LogP contribution in [0.5, 0.6) is 0 Å². The smallest absolute Gasteiger partial charge is 0.230 e. The van der Waals surface area contributed by atoms with E-state index in [4.69, 9.17) is 15.0 Å². The summed E-state index contributed by atoms with van der Waals surface area (Å²) < 4.78 is 2.39. The molecule has 186 valence electrons. The second kappa shape index (κ2) is 9.90. The zero-order valence-corrected chi connectivity index (χ0v) is 21.3. The Kier molecular flexibility index (Phi) is 6.32. The molecule has 1 N–H and O–H groups in total. The van der Waals surface area contributed by atoms with Crippen molar-refractivity contribution in [3.8, 4) is 0 Å². The third-order valence-electron chi connectivity index (χ3n) is 7.74. The molecule has 1 aromatic carbocycles. The first-order valence-corrected chi connectivity index (χ1v) is 13.2. The van der Waals surface area contributed by atoms with E-state index in [1.54, 1.807) is 0 Å². The number of aromatic nitrogens is 4. The van der Waals surface area contributed by atoms with Crippen LogP contribution < -0.4 is 10.2 Å². The third kappa shape index (κ3) is 4.55. The second-order valence-electron chi connectivity index (χ2n) is 10.2. The highest BCUT2D eigenvalue weighted by atomic mass is 15.3. The number of piperazine rings is 1. The molecule has 7 heteroatoms. The van der Waals surface area contributed by atoms with Crippen LogP contribution in [0.4, 0.5) is 17.5 Å². The molecule has 0 bridgehead atoms. The topological polar surface area (TPSA) is 62.1 Å². The molecule has 1 aliphatic heterocycles. The Labute approximate surface area is 213 Å². The van der Waals surface area contributed by atoms with Crippen LogP contribution in [-0.2, 0) is 6.54 Å². The predicted molar refractivity (Wildman–Crippen MR) is 146 cm³/mol. The summed E-state index contributed by atoms with van der Waals surface area (Å²) in [5, 5.41) is 4.66. The van der Waals surface area contributed by atoms with Crippen molar-refractivity contribution in [2.24, 2.45) is 0 Å². The van der Waals surface area contributed by atoms with Crippen molar-refractivity contribution < 1.29 is 0 Å². The first kappa shape index (κ1) is 23.0. The van der Waals surface area contributed by atoms with E-state index in [2.05, 4.69) is 76.1 Å². The van der Waals surface area contributed by atoms with E-state index < -0.39 is 0 Å². The minimum absolute atomic E-state index is 0.543. The average Bonchev–Trinajstić information content (AvgIpc) is 3.54. The van der Waals surface area contributed by atoms with Gasteiger partial charge in [0.1, 0.15) is 5.65 Å². The largest absolute Gasteiger partial charge is 0.366 e. The first-order valence-electron chi connectivity index (χ1n) is 13.2. The van der Waals surface area contributed by atoms with Gasteiger partial charge in [0, 0.05) is 56.5 Å². The highest BCUT2D eigenvalue weighted by Crippen LogP contribution is 2.35. The minimum Gasteiger partial charge on any atom is -0.366 e. The molecular formula is C29H35N7. The zero-order chi connectivity index (χ0) is 24.5. The number of benzene rings is 1. The number of nitrogens with zero attached hydrogens (tertiary/aromatic N) is 6. The van der Waals surface area contributed by atoms with Gasteiger partial charge in [-0.25, -0.2) is 9.97 Å². The lowest BCUT2D eigenvalue weighted by atomic mass is 10.2. The maximum atomic E-state index is 5.02. The summed E-state index contributed by atoms with van der Waals surface area (Å²) in [6.07, 6.45) is 9.18. The fraction of sp³-hybridized carbons (Fsp3) is 0.414. The molecule has 6 rings (SSSR count). The maximum Gasteiger partial charge on any atom is 0.230 e. The lowest BCUT2D eigenvalue weighted by Gasteiger charge is -2.36. The van der Waals surface area contributed by atoms with Crippen LogP contribution in [-0.4, -0.2) is 50.6 Å². The summed E-state index contributed by atoms with van der Waals surface area (Å²) in [7, 11) is 0. The Bertz CT molecular complexity index is 1330. The third-order valence-corrected chi connectivity index (χ3v) is 7.74. The summed E-state index contributed by atoms with van der Waals surface area (Å²) in [4.78, 5) is 19.5.